The van der Waals surface area contributed by atoms with Gasteiger partial charge in [0.1, 0.15) is 5.65 Å². The molecule has 0 saturated carbocycles. The van der Waals surface area contributed by atoms with Gasteiger partial charge in [0.2, 0.25) is 5.91 Å². The first-order valence-corrected chi connectivity index (χ1v) is 7.64. The molecule has 1 amide bonds. The number of hydrogen-bond donors (Lipinski definition) is 2. The Morgan fingerprint density at radius 1 is 1.43 bits per heavy atom. The van der Waals surface area contributed by atoms with Crippen molar-refractivity contribution in [3.8, 4) is 0 Å². The minimum Gasteiger partial charge on any atom is -0.381 e. The maximum absolute atomic E-state index is 12.2. The highest BCUT2D eigenvalue weighted by molar-refractivity contribution is 9.10. The van der Waals surface area contributed by atoms with E-state index in [0.717, 1.165) is 15.8 Å². The Morgan fingerprint density at radius 3 is 2.95 bits per heavy atom. The molecule has 21 heavy (non-hydrogen) atoms. The van der Waals surface area contributed by atoms with Gasteiger partial charge in [-0.15, -0.1) is 0 Å². The number of nitrogens with two attached hydrogens (primary N) is 1. The van der Waals surface area contributed by atoms with Crippen LogP contribution in [-0.4, -0.2) is 34.0 Å². The number of imidazole rings is 1. The summed E-state index contributed by atoms with van der Waals surface area (Å²) in [5.74, 6) is -0.135. The Hall–Kier alpha value is -1.44. The summed E-state index contributed by atoms with van der Waals surface area (Å²) in [5.41, 5.74) is 6.97. The Bertz CT molecular complexity index is 664. The van der Waals surface area contributed by atoms with Crippen LogP contribution in [-0.2, 0) is 16.1 Å². The van der Waals surface area contributed by atoms with Crippen LogP contribution in [0.15, 0.2) is 29.0 Å². The average Bonchev–Trinajstić information content (AvgIpc) is 2.87. The van der Waals surface area contributed by atoms with Gasteiger partial charge in [-0.1, -0.05) is 0 Å². The molecular formula is C14H17BrN4O2. The number of carbonyl (C=O) groups excluding carboxylic acids is 1. The van der Waals surface area contributed by atoms with Crippen molar-refractivity contribution in [2.75, 3.05) is 13.2 Å². The lowest BCUT2D eigenvalue weighted by Crippen LogP contribution is -2.56. The summed E-state index contributed by atoms with van der Waals surface area (Å²) in [5, 5.41) is 2.88. The fraction of sp³-hybridized carbons (Fsp3) is 0.429. The van der Waals surface area contributed by atoms with Crippen molar-refractivity contribution in [2.24, 2.45) is 5.73 Å². The van der Waals surface area contributed by atoms with Gasteiger partial charge >= 0.3 is 0 Å². The normalized spacial score (nSPS) is 17.8. The SMILES string of the molecule is NC1(C(=O)NCc2cn3cc(Br)ccc3n2)CCOCC1. The summed E-state index contributed by atoms with van der Waals surface area (Å²) >= 11 is 3.42. The number of aromatic nitrogens is 2. The van der Waals surface area contributed by atoms with Crippen LogP contribution in [0.5, 0.6) is 0 Å². The molecule has 1 aliphatic rings. The topological polar surface area (TPSA) is 81.7 Å². The number of pyridine rings is 1. The van der Waals surface area contributed by atoms with E-state index in [-0.39, 0.29) is 5.91 Å². The number of nitrogens with zero attached hydrogens (tertiary/aromatic N) is 2. The summed E-state index contributed by atoms with van der Waals surface area (Å²) in [6.45, 7) is 1.44. The molecule has 2 aromatic rings. The third-order valence-corrected chi connectivity index (χ3v) is 4.20. The van der Waals surface area contributed by atoms with Crippen molar-refractivity contribution >= 4 is 27.5 Å². The molecule has 1 fully saturated rings. The molecule has 0 spiro atoms. The monoisotopic (exact) mass is 352 g/mol. The smallest absolute Gasteiger partial charge is 0.240 e. The maximum atomic E-state index is 12.2. The van der Waals surface area contributed by atoms with Crippen LogP contribution in [0.3, 0.4) is 0 Å². The number of fused-ring (bicyclic) bond motifs is 1. The van der Waals surface area contributed by atoms with Gasteiger partial charge in [0, 0.05) is 30.1 Å². The van der Waals surface area contributed by atoms with E-state index in [2.05, 4.69) is 26.2 Å². The summed E-state index contributed by atoms with van der Waals surface area (Å²) in [6.07, 6.45) is 4.93. The van der Waals surface area contributed by atoms with E-state index in [1.165, 1.54) is 0 Å². The lowest BCUT2D eigenvalue weighted by Gasteiger charge is -2.31. The number of nitrogens with one attached hydrogen (secondary N) is 1. The van der Waals surface area contributed by atoms with Gasteiger partial charge in [-0.25, -0.2) is 4.98 Å². The molecule has 0 aromatic carbocycles. The Labute approximate surface area is 130 Å². The molecule has 0 unspecified atom stereocenters. The highest BCUT2D eigenvalue weighted by atomic mass is 79.9. The molecule has 0 atom stereocenters. The maximum Gasteiger partial charge on any atom is 0.240 e. The molecule has 7 heteroatoms. The number of halogens is 1. The lowest BCUT2D eigenvalue weighted by atomic mass is 9.90. The summed E-state index contributed by atoms with van der Waals surface area (Å²) in [6, 6.07) is 3.85. The van der Waals surface area contributed by atoms with Gasteiger partial charge in [0.15, 0.2) is 0 Å². The molecule has 3 heterocycles. The van der Waals surface area contributed by atoms with E-state index in [1.54, 1.807) is 0 Å². The molecule has 2 aromatic heterocycles. The van der Waals surface area contributed by atoms with E-state index < -0.39 is 5.54 Å². The quantitative estimate of drug-likeness (QED) is 0.870. The number of carbonyl (C=O) groups is 1. The molecule has 3 rings (SSSR count). The third-order valence-electron chi connectivity index (χ3n) is 3.73. The number of hydrogen-bond acceptors (Lipinski definition) is 4. The Morgan fingerprint density at radius 2 is 2.19 bits per heavy atom. The van der Waals surface area contributed by atoms with Crippen molar-refractivity contribution in [1.82, 2.24) is 14.7 Å². The van der Waals surface area contributed by atoms with Crippen LogP contribution in [0.2, 0.25) is 0 Å². The van der Waals surface area contributed by atoms with Gasteiger partial charge < -0.3 is 20.2 Å². The largest absolute Gasteiger partial charge is 0.381 e. The lowest BCUT2D eigenvalue weighted by molar-refractivity contribution is -0.129. The van der Waals surface area contributed by atoms with Crippen molar-refractivity contribution in [3.05, 3.63) is 34.7 Å². The molecule has 0 bridgehead atoms. The zero-order chi connectivity index (χ0) is 14.9. The van der Waals surface area contributed by atoms with Gasteiger partial charge in [-0.2, -0.15) is 0 Å². The van der Waals surface area contributed by atoms with Crippen molar-refractivity contribution < 1.29 is 9.53 Å². The fourth-order valence-corrected chi connectivity index (χ4v) is 2.76. The van der Waals surface area contributed by atoms with Crippen LogP contribution in [0, 0.1) is 0 Å². The second-order valence-electron chi connectivity index (χ2n) is 5.30. The van der Waals surface area contributed by atoms with Crippen molar-refractivity contribution in [2.45, 2.75) is 24.9 Å². The van der Waals surface area contributed by atoms with Crippen molar-refractivity contribution in [3.63, 3.8) is 0 Å². The molecule has 0 aliphatic carbocycles. The first-order valence-electron chi connectivity index (χ1n) is 6.85. The number of rotatable bonds is 3. The standard InChI is InChI=1S/C14H17BrN4O2/c15-10-1-2-12-18-11(9-19(12)8-10)7-17-13(20)14(16)3-5-21-6-4-14/h1-2,8-9H,3-7,16H2,(H,17,20). The highest BCUT2D eigenvalue weighted by Gasteiger charge is 2.35. The van der Waals surface area contributed by atoms with Gasteiger partial charge in [-0.3, -0.25) is 4.79 Å². The first-order chi connectivity index (χ1) is 10.1. The van der Waals surface area contributed by atoms with E-state index in [1.807, 2.05) is 28.9 Å². The molecule has 3 N–H and O–H groups in total. The Kier molecular flexibility index (Phi) is 3.97. The minimum atomic E-state index is -0.819. The van der Waals surface area contributed by atoms with E-state index in [9.17, 15) is 4.79 Å². The predicted molar refractivity (Wildman–Crippen MR) is 81.7 cm³/mol. The predicted octanol–water partition coefficient (Wildman–Crippen LogP) is 1.22. The van der Waals surface area contributed by atoms with Crippen LogP contribution in [0.4, 0.5) is 0 Å². The molecule has 1 saturated heterocycles. The second-order valence-corrected chi connectivity index (χ2v) is 6.21. The van der Waals surface area contributed by atoms with E-state index >= 15 is 0 Å². The first kappa shape index (κ1) is 14.5. The number of ether oxygens (including phenoxy) is 1. The van der Waals surface area contributed by atoms with Crippen LogP contribution >= 0.6 is 15.9 Å². The third kappa shape index (κ3) is 3.09. The van der Waals surface area contributed by atoms with Crippen LogP contribution in [0.1, 0.15) is 18.5 Å². The van der Waals surface area contributed by atoms with Crippen molar-refractivity contribution in [1.29, 1.82) is 0 Å². The Balaban J connectivity index is 1.67. The number of amides is 1. The van der Waals surface area contributed by atoms with Crippen LogP contribution < -0.4 is 11.1 Å². The fourth-order valence-electron chi connectivity index (χ4n) is 2.41. The molecule has 0 radical (unpaired) electrons. The second kappa shape index (κ2) is 5.75. The zero-order valence-electron chi connectivity index (χ0n) is 11.5. The highest BCUT2D eigenvalue weighted by Crippen LogP contribution is 2.18. The van der Waals surface area contributed by atoms with Gasteiger partial charge in [0.25, 0.3) is 0 Å². The van der Waals surface area contributed by atoms with E-state index in [0.29, 0.717) is 32.6 Å². The summed E-state index contributed by atoms with van der Waals surface area (Å²) in [7, 11) is 0. The molecule has 112 valence electrons. The summed E-state index contributed by atoms with van der Waals surface area (Å²) < 4.78 is 8.14. The molecule has 6 nitrogen and oxygen atoms in total. The molecule has 1 aliphatic heterocycles. The van der Waals surface area contributed by atoms with Gasteiger partial charge in [0.05, 0.1) is 17.8 Å². The molecular weight excluding hydrogens is 336 g/mol. The van der Waals surface area contributed by atoms with Gasteiger partial charge in [-0.05, 0) is 40.9 Å². The van der Waals surface area contributed by atoms with E-state index in [4.69, 9.17) is 10.5 Å². The summed E-state index contributed by atoms with van der Waals surface area (Å²) in [4.78, 5) is 16.7. The average molecular weight is 353 g/mol. The van der Waals surface area contributed by atoms with Crippen LogP contribution in [0.25, 0.3) is 5.65 Å². The minimum absolute atomic E-state index is 0.135. The zero-order valence-corrected chi connectivity index (χ0v) is 13.1.